The third kappa shape index (κ3) is 4.86. The number of carbonyl (C=O) groups excluding carboxylic acids is 2. The number of rotatable bonds is 5. The predicted molar refractivity (Wildman–Crippen MR) is 91.6 cm³/mol. The van der Waals surface area contributed by atoms with Crippen molar-refractivity contribution in [3.05, 3.63) is 23.8 Å². The zero-order valence-corrected chi connectivity index (χ0v) is 14.4. The number of benzene rings is 1. The number of ether oxygens (including phenoxy) is 2. The van der Waals surface area contributed by atoms with Crippen molar-refractivity contribution in [1.29, 1.82) is 0 Å². The van der Waals surface area contributed by atoms with Crippen LogP contribution in [0.3, 0.4) is 0 Å². The van der Waals surface area contributed by atoms with Crippen LogP contribution in [0.5, 0.6) is 5.75 Å². The Morgan fingerprint density at radius 2 is 2.00 bits per heavy atom. The molecule has 0 aromatic heterocycles. The lowest BCUT2D eigenvalue weighted by Gasteiger charge is -2.27. The number of nitrogens with zero attached hydrogens (tertiary/aromatic N) is 1. The van der Waals surface area contributed by atoms with E-state index in [2.05, 4.69) is 10.6 Å². The minimum atomic E-state index is -0.321. The van der Waals surface area contributed by atoms with Gasteiger partial charge in [0.1, 0.15) is 5.75 Å². The summed E-state index contributed by atoms with van der Waals surface area (Å²) in [5.74, 6) is 0.784. The Morgan fingerprint density at radius 1 is 1.29 bits per heavy atom. The monoisotopic (exact) mass is 335 g/mol. The van der Waals surface area contributed by atoms with Crippen molar-refractivity contribution in [3.8, 4) is 5.75 Å². The highest BCUT2D eigenvalue weighted by molar-refractivity contribution is 5.98. The minimum absolute atomic E-state index is 0.0772. The average Bonchev–Trinajstić information content (AvgIpc) is 2.60. The Labute approximate surface area is 142 Å². The molecule has 0 aliphatic carbocycles. The van der Waals surface area contributed by atoms with Crippen molar-refractivity contribution in [2.75, 3.05) is 45.3 Å². The fourth-order valence-corrected chi connectivity index (χ4v) is 2.35. The van der Waals surface area contributed by atoms with E-state index >= 15 is 0 Å². The number of urea groups is 1. The second-order valence-corrected chi connectivity index (χ2v) is 6.05. The summed E-state index contributed by atoms with van der Waals surface area (Å²) in [5.41, 5.74) is 0.981. The maximum atomic E-state index is 12.6. The first kappa shape index (κ1) is 18.1. The van der Waals surface area contributed by atoms with Crippen LogP contribution in [0.2, 0.25) is 0 Å². The van der Waals surface area contributed by atoms with E-state index in [1.165, 1.54) is 7.11 Å². The third-order valence-electron chi connectivity index (χ3n) is 3.66. The molecule has 7 heteroatoms. The van der Waals surface area contributed by atoms with Gasteiger partial charge in [-0.1, -0.05) is 13.8 Å². The number of methoxy groups -OCH3 is 1. The first-order valence-corrected chi connectivity index (χ1v) is 8.11. The number of anilines is 1. The lowest BCUT2D eigenvalue weighted by Crippen LogP contribution is -2.40. The van der Waals surface area contributed by atoms with Gasteiger partial charge in [-0.15, -0.1) is 0 Å². The van der Waals surface area contributed by atoms with E-state index in [-0.39, 0.29) is 11.9 Å². The van der Waals surface area contributed by atoms with Crippen LogP contribution in [0.4, 0.5) is 10.5 Å². The van der Waals surface area contributed by atoms with Crippen molar-refractivity contribution in [2.45, 2.75) is 13.8 Å². The summed E-state index contributed by atoms with van der Waals surface area (Å²) in [6, 6.07) is 4.71. The molecule has 2 N–H and O–H groups in total. The van der Waals surface area contributed by atoms with Crippen molar-refractivity contribution >= 4 is 17.6 Å². The number of hydrogen-bond acceptors (Lipinski definition) is 4. The van der Waals surface area contributed by atoms with Gasteiger partial charge < -0.3 is 25.0 Å². The summed E-state index contributed by atoms with van der Waals surface area (Å²) in [6.45, 7) is 6.84. The zero-order chi connectivity index (χ0) is 17.5. The molecule has 1 aromatic carbocycles. The summed E-state index contributed by atoms with van der Waals surface area (Å²) in [6.07, 6.45) is 0. The molecule has 2 rings (SSSR count). The van der Waals surface area contributed by atoms with Crippen LogP contribution in [-0.4, -0.2) is 56.8 Å². The molecular formula is C17H25N3O4. The van der Waals surface area contributed by atoms with E-state index < -0.39 is 0 Å². The fraction of sp³-hybridized carbons (Fsp3) is 0.529. The van der Waals surface area contributed by atoms with Gasteiger partial charge in [0.15, 0.2) is 0 Å². The van der Waals surface area contributed by atoms with E-state index in [1.807, 2.05) is 13.8 Å². The highest BCUT2D eigenvalue weighted by atomic mass is 16.5. The first-order chi connectivity index (χ1) is 11.5. The molecule has 0 saturated carbocycles. The third-order valence-corrected chi connectivity index (χ3v) is 3.66. The molecule has 1 aromatic rings. The summed E-state index contributed by atoms with van der Waals surface area (Å²) in [5, 5.41) is 5.52. The summed E-state index contributed by atoms with van der Waals surface area (Å²) in [4.78, 5) is 26.3. The SMILES string of the molecule is COc1ccc(C(=O)N2CCOCC2)cc1NC(=O)NCC(C)C. The molecule has 0 spiro atoms. The fourth-order valence-electron chi connectivity index (χ4n) is 2.35. The highest BCUT2D eigenvalue weighted by Gasteiger charge is 2.20. The molecule has 1 fully saturated rings. The molecular weight excluding hydrogens is 310 g/mol. The van der Waals surface area contributed by atoms with Gasteiger partial charge in [-0.2, -0.15) is 0 Å². The van der Waals surface area contributed by atoms with Crippen LogP contribution in [0.15, 0.2) is 18.2 Å². The van der Waals surface area contributed by atoms with Gasteiger partial charge in [0.05, 0.1) is 26.0 Å². The molecule has 1 saturated heterocycles. The predicted octanol–water partition coefficient (Wildman–Crippen LogP) is 1.95. The van der Waals surface area contributed by atoms with Crippen LogP contribution in [0, 0.1) is 5.92 Å². The Morgan fingerprint density at radius 3 is 2.62 bits per heavy atom. The normalized spacial score (nSPS) is 14.4. The van der Waals surface area contributed by atoms with Crippen LogP contribution >= 0.6 is 0 Å². The van der Waals surface area contributed by atoms with Crippen LogP contribution in [0.25, 0.3) is 0 Å². The molecule has 0 bridgehead atoms. The van der Waals surface area contributed by atoms with Gasteiger partial charge in [0, 0.05) is 25.2 Å². The average molecular weight is 335 g/mol. The van der Waals surface area contributed by atoms with Gasteiger partial charge >= 0.3 is 6.03 Å². The molecule has 1 aliphatic rings. The van der Waals surface area contributed by atoms with E-state index in [0.29, 0.717) is 55.8 Å². The maximum Gasteiger partial charge on any atom is 0.319 e. The van der Waals surface area contributed by atoms with Gasteiger partial charge in [0.2, 0.25) is 0 Å². The lowest BCUT2D eigenvalue weighted by atomic mass is 10.1. The van der Waals surface area contributed by atoms with Crippen molar-refractivity contribution < 1.29 is 19.1 Å². The Bertz CT molecular complexity index is 583. The van der Waals surface area contributed by atoms with Gasteiger partial charge in [-0.3, -0.25) is 4.79 Å². The largest absolute Gasteiger partial charge is 0.495 e. The number of morpholine rings is 1. The highest BCUT2D eigenvalue weighted by Crippen LogP contribution is 2.26. The lowest BCUT2D eigenvalue weighted by molar-refractivity contribution is 0.0303. The van der Waals surface area contributed by atoms with Gasteiger partial charge in [-0.25, -0.2) is 4.79 Å². The second-order valence-electron chi connectivity index (χ2n) is 6.05. The van der Waals surface area contributed by atoms with E-state index in [1.54, 1.807) is 23.1 Å². The molecule has 24 heavy (non-hydrogen) atoms. The van der Waals surface area contributed by atoms with Crippen LogP contribution < -0.4 is 15.4 Å². The second kappa shape index (κ2) is 8.54. The molecule has 1 aliphatic heterocycles. The number of hydrogen-bond donors (Lipinski definition) is 2. The standard InChI is InChI=1S/C17H25N3O4/c1-12(2)11-18-17(22)19-14-10-13(4-5-15(14)23-3)16(21)20-6-8-24-9-7-20/h4-5,10,12H,6-9,11H2,1-3H3,(H2,18,19,22). The molecule has 1 heterocycles. The van der Waals surface area contributed by atoms with Gasteiger partial charge in [-0.05, 0) is 24.1 Å². The van der Waals surface area contributed by atoms with E-state index in [0.717, 1.165) is 0 Å². The number of carbonyl (C=O) groups is 2. The molecule has 132 valence electrons. The van der Waals surface area contributed by atoms with Crippen molar-refractivity contribution in [3.63, 3.8) is 0 Å². The molecule has 0 atom stereocenters. The van der Waals surface area contributed by atoms with Crippen LogP contribution in [-0.2, 0) is 4.74 Å². The van der Waals surface area contributed by atoms with Crippen LogP contribution in [0.1, 0.15) is 24.2 Å². The minimum Gasteiger partial charge on any atom is -0.495 e. The molecule has 0 radical (unpaired) electrons. The maximum absolute atomic E-state index is 12.6. The zero-order valence-electron chi connectivity index (χ0n) is 14.4. The van der Waals surface area contributed by atoms with Gasteiger partial charge in [0.25, 0.3) is 5.91 Å². The topological polar surface area (TPSA) is 79.9 Å². The Hall–Kier alpha value is -2.28. The van der Waals surface area contributed by atoms with Crippen molar-refractivity contribution in [2.24, 2.45) is 5.92 Å². The Balaban J connectivity index is 2.11. The molecule has 3 amide bonds. The Kier molecular flexibility index (Phi) is 6.43. The molecule has 7 nitrogen and oxygen atoms in total. The summed E-state index contributed by atoms with van der Waals surface area (Å²) in [7, 11) is 1.52. The summed E-state index contributed by atoms with van der Waals surface area (Å²) >= 11 is 0. The van der Waals surface area contributed by atoms with E-state index in [4.69, 9.17) is 9.47 Å². The quantitative estimate of drug-likeness (QED) is 0.862. The summed E-state index contributed by atoms with van der Waals surface area (Å²) < 4.78 is 10.5. The first-order valence-electron chi connectivity index (χ1n) is 8.11. The molecule has 0 unspecified atom stereocenters. The smallest absolute Gasteiger partial charge is 0.319 e. The number of nitrogens with one attached hydrogen (secondary N) is 2. The van der Waals surface area contributed by atoms with Crippen molar-refractivity contribution in [1.82, 2.24) is 10.2 Å². The van der Waals surface area contributed by atoms with E-state index in [9.17, 15) is 9.59 Å². The number of amides is 3.